The molecule has 5 N–H and O–H groups in total. The van der Waals surface area contributed by atoms with Crippen molar-refractivity contribution in [2.24, 2.45) is 5.73 Å². The Balaban J connectivity index is 1.70. The topological polar surface area (TPSA) is 97.3 Å². The summed E-state index contributed by atoms with van der Waals surface area (Å²) in [5, 5.41) is 3.18. The largest absolute Gasteiger partial charge is 0.390 e. The van der Waals surface area contributed by atoms with E-state index in [1.54, 1.807) is 12.1 Å². The molecule has 3 aromatic rings. The van der Waals surface area contributed by atoms with Gasteiger partial charge in [0.25, 0.3) is 5.91 Å². The normalized spacial score (nSPS) is 17.0. The number of nitrogens with zero attached hydrogens (tertiary/aromatic N) is 2. The molecule has 3 heterocycles. The van der Waals surface area contributed by atoms with Crippen molar-refractivity contribution >= 4 is 32.5 Å². The summed E-state index contributed by atoms with van der Waals surface area (Å²) in [5.41, 5.74) is 14.4. The Labute approximate surface area is 206 Å². The number of nitrogen functional groups attached to an aromatic ring is 1. The number of carbonyl (C=O) groups is 1. The zero-order valence-electron chi connectivity index (χ0n) is 19.4. The van der Waals surface area contributed by atoms with E-state index < -0.39 is 17.5 Å². The molecule has 1 fully saturated rings. The predicted molar refractivity (Wildman–Crippen MR) is 138 cm³/mol. The predicted octanol–water partition coefficient (Wildman–Crippen LogP) is 4.95. The number of aromatic nitrogens is 1. The molecule has 1 saturated heterocycles. The Morgan fingerprint density at radius 1 is 1.34 bits per heavy atom. The first-order valence-corrected chi connectivity index (χ1v) is 12.1. The van der Waals surface area contributed by atoms with Gasteiger partial charge in [0.2, 0.25) is 0 Å². The van der Waals surface area contributed by atoms with Crippen molar-refractivity contribution < 1.29 is 13.6 Å². The van der Waals surface area contributed by atoms with Crippen LogP contribution in [-0.2, 0) is 0 Å². The highest BCUT2D eigenvalue weighted by atomic mass is 32.1. The number of carbonyl (C=O) groups excluding carboxylic acids is 1. The minimum absolute atomic E-state index is 0.0555. The number of allylic oxidation sites excluding steroid dienone is 3. The molecule has 0 radical (unpaired) electrons. The second-order valence-corrected chi connectivity index (χ2v) is 9.40. The second kappa shape index (κ2) is 10.4. The number of likely N-dealkylation sites (tertiary alicyclic amines) is 1. The summed E-state index contributed by atoms with van der Waals surface area (Å²) in [6.45, 7) is 7.27. The summed E-state index contributed by atoms with van der Waals surface area (Å²) in [6, 6.07) is 5.32. The van der Waals surface area contributed by atoms with E-state index >= 15 is 0 Å². The van der Waals surface area contributed by atoms with Crippen LogP contribution in [0, 0.1) is 11.6 Å². The van der Waals surface area contributed by atoms with Gasteiger partial charge in [0, 0.05) is 30.9 Å². The van der Waals surface area contributed by atoms with Crippen LogP contribution in [0.2, 0.25) is 0 Å². The number of hydrogen-bond acceptors (Lipinski definition) is 6. The Hall–Kier alpha value is -3.56. The zero-order valence-corrected chi connectivity index (χ0v) is 20.2. The van der Waals surface area contributed by atoms with E-state index in [4.69, 9.17) is 11.5 Å². The minimum Gasteiger partial charge on any atom is -0.390 e. The Morgan fingerprint density at radius 3 is 2.74 bits per heavy atom. The highest BCUT2D eigenvalue weighted by Gasteiger charge is 2.24. The number of anilines is 1. The highest BCUT2D eigenvalue weighted by molar-refractivity contribution is 7.23. The fraction of sp³-hybridized carbons (Fsp3) is 0.231. The van der Waals surface area contributed by atoms with Gasteiger partial charge in [-0.1, -0.05) is 18.7 Å². The third-order valence-electron chi connectivity index (χ3n) is 5.89. The first-order chi connectivity index (χ1) is 16.8. The van der Waals surface area contributed by atoms with Crippen LogP contribution >= 0.6 is 11.3 Å². The van der Waals surface area contributed by atoms with Crippen molar-refractivity contribution in [2.45, 2.75) is 25.8 Å². The van der Waals surface area contributed by atoms with Crippen LogP contribution in [0.3, 0.4) is 0 Å². The minimum atomic E-state index is -0.691. The summed E-state index contributed by atoms with van der Waals surface area (Å²) in [4.78, 5) is 19.8. The van der Waals surface area contributed by atoms with E-state index in [-0.39, 0.29) is 27.7 Å². The van der Waals surface area contributed by atoms with Gasteiger partial charge in [0.15, 0.2) is 0 Å². The molecule has 1 amide bonds. The molecule has 1 aromatic carbocycles. The quantitative estimate of drug-likeness (QED) is 0.421. The molecule has 1 aliphatic rings. The SMILES string of the molecule is C=C/C(NC(=O)c1c(N)sc2cc(-c3c(F)cccc3F)cnc12)=C(\C=C/C)N1CCC[C@H](N)C1. The monoisotopic (exact) mass is 495 g/mol. The van der Waals surface area contributed by atoms with Crippen molar-refractivity contribution in [1.82, 2.24) is 15.2 Å². The molecule has 182 valence electrons. The molecule has 6 nitrogen and oxygen atoms in total. The molecule has 0 bridgehead atoms. The Kier molecular flexibility index (Phi) is 7.28. The van der Waals surface area contributed by atoms with Crippen LogP contribution in [0.5, 0.6) is 0 Å². The molecule has 35 heavy (non-hydrogen) atoms. The number of piperidine rings is 1. The lowest BCUT2D eigenvalue weighted by Gasteiger charge is -2.34. The third kappa shape index (κ3) is 4.96. The lowest BCUT2D eigenvalue weighted by Crippen LogP contribution is -2.43. The summed E-state index contributed by atoms with van der Waals surface area (Å²) < 4.78 is 29.1. The van der Waals surface area contributed by atoms with Crippen molar-refractivity contribution in [3.05, 3.63) is 83.9 Å². The fourth-order valence-corrected chi connectivity index (χ4v) is 5.25. The summed E-state index contributed by atoms with van der Waals surface area (Å²) >= 11 is 1.14. The summed E-state index contributed by atoms with van der Waals surface area (Å²) in [5.74, 6) is -1.82. The van der Waals surface area contributed by atoms with Crippen molar-refractivity contribution in [3.8, 4) is 11.1 Å². The highest BCUT2D eigenvalue weighted by Crippen LogP contribution is 2.36. The molecule has 2 aromatic heterocycles. The second-order valence-electron chi connectivity index (χ2n) is 8.31. The van der Waals surface area contributed by atoms with Crippen LogP contribution in [-0.4, -0.2) is 34.9 Å². The number of nitrogens with two attached hydrogens (primary N) is 2. The molecule has 4 rings (SSSR count). The van der Waals surface area contributed by atoms with Gasteiger partial charge in [-0.05, 0) is 50.1 Å². The van der Waals surface area contributed by atoms with Crippen LogP contribution in [0.25, 0.3) is 21.3 Å². The lowest BCUT2D eigenvalue weighted by molar-refractivity contribution is 0.0968. The van der Waals surface area contributed by atoms with Gasteiger partial charge in [0.05, 0.1) is 27.2 Å². The maximum absolute atomic E-state index is 14.3. The average Bonchev–Trinajstić information content (AvgIpc) is 3.16. The Bertz CT molecular complexity index is 1330. The molecule has 0 aliphatic carbocycles. The van der Waals surface area contributed by atoms with Gasteiger partial charge in [-0.3, -0.25) is 9.78 Å². The van der Waals surface area contributed by atoms with Crippen LogP contribution in [0.4, 0.5) is 13.8 Å². The van der Waals surface area contributed by atoms with Gasteiger partial charge in [0.1, 0.15) is 22.2 Å². The van der Waals surface area contributed by atoms with Gasteiger partial charge in [-0.15, -0.1) is 11.3 Å². The lowest BCUT2D eigenvalue weighted by atomic mass is 10.0. The number of nitrogens with one attached hydrogen (secondary N) is 1. The number of benzene rings is 1. The summed E-state index contributed by atoms with van der Waals surface area (Å²) in [7, 11) is 0. The first kappa shape index (κ1) is 24.6. The van der Waals surface area contributed by atoms with E-state index in [0.717, 1.165) is 36.4 Å². The summed E-state index contributed by atoms with van der Waals surface area (Å²) in [6.07, 6.45) is 8.65. The number of fused-ring (bicyclic) bond motifs is 1. The third-order valence-corrected chi connectivity index (χ3v) is 6.84. The number of amides is 1. The molecule has 0 spiro atoms. The van der Waals surface area contributed by atoms with E-state index in [1.165, 1.54) is 24.4 Å². The van der Waals surface area contributed by atoms with Crippen molar-refractivity contribution in [2.75, 3.05) is 18.8 Å². The van der Waals surface area contributed by atoms with Crippen molar-refractivity contribution in [1.29, 1.82) is 0 Å². The Morgan fingerprint density at radius 2 is 2.09 bits per heavy atom. The molecular weight excluding hydrogens is 468 g/mol. The van der Waals surface area contributed by atoms with Gasteiger partial charge in [-0.2, -0.15) is 0 Å². The van der Waals surface area contributed by atoms with E-state index in [0.29, 0.717) is 22.5 Å². The number of rotatable bonds is 6. The molecule has 1 aliphatic heterocycles. The molecule has 0 unspecified atom stereocenters. The smallest absolute Gasteiger partial charge is 0.260 e. The van der Waals surface area contributed by atoms with Crippen LogP contribution in [0.15, 0.2) is 66.7 Å². The van der Waals surface area contributed by atoms with Gasteiger partial charge in [-0.25, -0.2) is 8.78 Å². The zero-order chi connectivity index (χ0) is 25.1. The van der Waals surface area contributed by atoms with Crippen LogP contribution in [0.1, 0.15) is 30.1 Å². The number of thiophene rings is 1. The van der Waals surface area contributed by atoms with E-state index in [1.807, 2.05) is 19.1 Å². The first-order valence-electron chi connectivity index (χ1n) is 11.3. The van der Waals surface area contributed by atoms with Gasteiger partial charge >= 0.3 is 0 Å². The number of halogens is 2. The van der Waals surface area contributed by atoms with Crippen LogP contribution < -0.4 is 16.8 Å². The van der Waals surface area contributed by atoms with E-state index in [9.17, 15) is 13.6 Å². The molecule has 1 atom stereocenters. The average molecular weight is 496 g/mol. The van der Waals surface area contributed by atoms with E-state index in [2.05, 4.69) is 21.8 Å². The standard InChI is InChI=1S/C26H27F2N5OS/c1-3-7-20(33-11-6-8-16(29)14-33)19(4-2)32-26(34)23-24-21(35-25(23)30)12-15(13-31-24)22-17(27)9-5-10-18(22)28/h3-5,7,9-10,12-13,16H,2,6,8,11,14,29-30H2,1H3,(H,32,34)/b7-3-,20-19-/t16-/m0/s1. The number of pyridine rings is 1. The number of hydrogen-bond donors (Lipinski definition) is 3. The fourth-order valence-electron chi connectivity index (χ4n) is 4.28. The molecular formula is C26H27F2N5OS. The molecule has 9 heteroatoms. The van der Waals surface area contributed by atoms with Crippen molar-refractivity contribution in [3.63, 3.8) is 0 Å². The maximum atomic E-state index is 14.3. The maximum Gasteiger partial charge on any atom is 0.260 e. The molecule has 0 saturated carbocycles. The van der Waals surface area contributed by atoms with Gasteiger partial charge < -0.3 is 21.7 Å².